The molecule has 2 heterocycles. The van der Waals surface area contributed by atoms with E-state index in [1.165, 1.54) is 30.0 Å². The van der Waals surface area contributed by atoms with E-state index >= 15 is 0 Å². The first-order chi connectivity index (χ1) is 12.7. The Morgan fingerprint density at radius 3 is 2.67 bits per heavy atom. The van der Waals surface area contributed by atoms with E-state index in [0.717, 1.165) is 0 Å². The van der Waals surface area contributed by atoms with Crippen LogP contribution in [0.2, 0.25) is 5.02 Å². The van der Waals surface area contributed by atoms with Crippen molar-refractivity contribution < 1.29 is 18.9 Å². The highest BCUT2D eigenvalue weighted by Gasteiger charge is 2.34. The SMILES string of the molecule is CC(=O)C1=C(C)N(C)C(=O)N[C@H]1c1ccc(-c2cc([N+](=O)[O-])ccc2Cl)o1. The maximum Gasteiger partial charge on any atom is 0.322 e. The average molecular weight is 390 g/mol. The Bertz CT molecular complexity index is 995. The summed E-state index contributed by atoms with van der Waals surface area (Å²) < 4.78 is 5.81. The summed E-state index contributed by atoms with van der Waals surface area (Å²) in [4.78, 5) is 36.1. The molecule has 1 aromatic carbocycles. The highest BCUT2D eigenvalue weighted by atomic mass is 35.5. The zero-order valence-corrected chi connectivity index (χ0v) is 15.5. The second-order valence-corrected chi connectivity index (χ2v) is 6.53. The van der Waals surface area contributed by atoms with Crippen LogP contribution < -0.4 is 5.32 Å². The molecule has 8 nitrogen and oxygen atoms in total. The van der Waals surface area contributed by atoms with E-state index in [1.807, 2.05) is 0 Å². The van der Waals surface area contributed by atoms with E-state index in [1.54, 1.807) is 26.1 Å². The molecule has 0 saturated carbocycles. The third-order valence-corrected chi connectivity index (χ3v) is 4.80. The second kappa shape index (κ2) is 6.88. The lowest BCUT2D eigenvalue weighted by Crippen LogP contribution is -2.45. The minimum absolute atomic E-state index is 0.125. The number of nitro groups is 1. The van der Waals surface area contributed by atoms with Crippen LogP contribution in [0.5, 0.6) is 0 Å². The van der Waals surface area contributed by atoms with Gasteiger partial charge in [-0.1, -0.05) is 11.6 Å². The van der Waals surface area contributed by atoms with Crippen LogP contribution in [0.4, 0.5) is 10.5 Å². The number of carbonyl (C=O) groups is 2. The van der Waals surface area contributed by atoms with Crippen molar-refractivity contribution in [3.63, 3.8) is 0 Å². The quantitative estimate of drug-likeness (QED) is 0.626. The Kier molecular flexibility index (Phi) is 4.75. The number of halogens is 1. The van der Waals surface area contributed by atoms with Gasteiger partial charge in [-0.3, -0.25) is 14.9 Å². The molecule has 0 radical (unpaired) electrons. The molecule has 2 aromatic rings. The van der Waals surface area contributed by atoms with Crippen molar-refractivity contribution in [3.05, 3.63) is 62.5 Å². The summed E-state index contributed by atoms with van der Waals surface area (Å²) in [5.41, 5.74) is 1.16. The van der Waals surface area contributed by atoms with Gasteiger partial charge in [0, 0.05) is 36.0 Å². The number of urea groups is 1. The van der Waals surface area contributed by atoms with Gasteiger partial charge in [0.2, 0.25) is 0 Å². The Balaban J connectivity index is 2.06. The molecule has 0 saturated heterocycles. The van der Waals surface area contributed by atoms with Crippen molar-refractivity contribution >= 4 is 29.1 Å². The number of Topliss-reactive ketones (excluding diaryl/α,β-unsaturated/α-hetero) is 1. The zero-order chi connectivity index (χ0) is 19.9. The number of allylic oxidation sites excluding steroid dienone is 1. The molecule has 0 fully saturated rings. The van der Waals surface area contributed by atoms with Gasteiger partial charge in [-0.2, -0.15) is 0 Å². The monoisotopic (exact) mass is 389 g/mol. The largest absolute Gasteiger partial charge is 0.458 e. The number of benzene rings is 1. The first-order valence-electron chi connectivity index (χ1n) is 8.00. The Morgan fingerprint density at radius 1 is 1.33 bits per heavy atom. The third kappa shape index (κ3) is 3.31. The Labute approximate surface area is 159 Å². The molecule has 0 bridgehead atoms. The molecule has 2 amide bonds. The number of hydrogen-bond acceptors (Lipinski definition) is 5. The molecule has 9 heteroatoms. The topological polar surface area (TPSA) is 106 Å². The molecule has 0 unspecified atom stereocenters. The van der Waals surface area contributed by atoms with Crippen LogP contribution in [-0.4, -0.2) is 28.7 Å². The van der Waals surface area contributed by atoms with Gasteiger partial charge in [-0.25, -0.2) is 4.79 Å². The van der Waals surface area contributed by atoms with Crippen molar-refractivity contribution in [2.24, 2.45) is 0 Å². The van der Waals surface area contributed by atoms with Crippen molar-refractivity contribution in [1.29, 1.82) is 0 Å². The van der Waals surface area contributed by atoms with Gasteiger partial charge < -0.3 is 14.6 Å². The number of carbonyl (C=O) groups excluding carboxylic acids is 2. The second-order valence-electron chi connectivity index (χ2n) is 6.12. The molecule has 1 atom stereocenters. The fraction of sp³-hybridized carbons (Fsp3) is 0.222. The fourth-order valence-corrected chi connectivity index (χ4v) is 3.18. The van der Waals surface area contributed by atoms with E-state index in [9.17, 15) is 19.7 Å². The molecule has 140 valence electrons. The van der Waals surface area contributed by atoms with Gasteiger partial charge in [0.05, 0.1) is 9.95 Å². The maximum atomic E-state index is 12.1. The molecule has 3 rings (SSSR count). The van der Waals surface area contributed by atoms with E-state index in [0.29, 0.717) is 28.4 Å². The summed E-state index contributed by atoms with van der Waals surface area (Å²) >= 11 is 6.15. The first-order valence-corrected chi connectivity index (χ1v) is 8.38. The number of hydrogen-bond donors (Lipinski definition) is 1. The van der Waals surface area contributed by atoms with Crippen LogP contribution in [0, 0.1) is 10.1 Å². The van der Waals surface area contributed by atoms with Gasteiger partial charge >= 0.3 is 6.03 Å². The lowest BCUT2D eigenvalue weighted by molar-refractivity contribution is -0.384. The van der Waals surface area contributed by atoms with Gasteiger partial charge in [0.15, 0.2) is 5.78 Å². The predicted molar refractivity (Wildman–Crippen MR) is 98.2 cm³/mol. The lowest BCUT2D eigenvalue weighted by atomic mass is 9.97. The summed E-state index contributed by atoms with van der Waals surface area (Å²) in [7, 11) is 1.57. The Hall–Kier alpha value is -3.13. The van der Waals surface area contributed by atoms with Crippen LogP contribution in [0.3, 0.4) is 0 Å². The number of nitrogens with zero attached hydrogens (tertiary/aromatic N) is 2. The molecule has 27 heavy (non-hydrogen) atoms. The van der Waals surface area contributed by atoms with Crippen LogP contribution >= 0.6 is 11.6 Å². The predicted octanol–water partition coefficient (Wildman–Crippen LogP) is 4.07. The molecular formula is C18H16ClN3O5. The van der Waals surface area contributed by atoms with Gasteiger partial charge in [-0.05, 0) is 32.0 Å². The highest BCUT2D eigenvalue weighted by molar-refractivity contribution is 6.33. The van der Waals surface area contributed by atoms with E-state index in [4.69, 9.17) is 16.0 Å². The smallest absolute Gasteiger partial charge is 0.322 e. The number of ketones is 1. The minimum Gasteiger partial charge on any atom is -0.458 e. The van der Waals surface area contributed by atoms with E-state index < -0.39 is 11.0 Å². The summed E-state index contributed by atoms with van der Waals surface area (Å²) in [6.45, 7) is 3.10. The van der Waals surface area contributed by atoms with E-state index in [2.05, 4.69) is 5.32 Å². The van der Waals surface area contributed by atoms with Crippen LogP contribution in [0.15, 0.2) is 46.0 Å². The normalized spacial score (nSPS) is 17.1. The molecular weight excluding hydrogens is 374 g/mol. The zero-order valence-electron chi connectivity index (χ0n) is 14.8. The first kappa shape index (κ1) is 18.7. The number of nitrogens with one attached hydrogen (secondary N) is 1. The van der Waals surface area contributed by atoms with Crippen LogP contribution in [0.1, 0.15) is 25.6 Å². The number of furan rings is 1. The minimum atomic E-state index is -0.752. The van der Waals surface area contributed by atoms with Gasteiger partial charge in [-0.15, -0.1) is 0 Å². The van der Waals surface area contributed by atoms with E-state index in [-0.39, 0.29) is 22.5 Å². The summed E-state index contributed by atoms with van der Waals surface area (Å²) in [6.07, 6.45) is 0. The molecule has 0 spiro atoms. The molecule has 1 aliphatic heterocycles. The molecule has 1 aliphatic rings. The number of nitro benzene ring substituents is 1. The molecule has 0 aliphatic carbocycles. The third-order valence-electron chi connectivity index (χ3n) is 4.47. The number of rotatable bonds is 4. The van der Waals surface area contributed by atoms with Crippen molar-refractivity contribution in [2.45, 2.75) is 19.9 Å². The van der Waals surface area contributed by atoms with Crippen molar-refractivity contribution in [1.82, 2.24) is 10.2 Å². The van der Waals surface area contributed by atoms with Crippen LogP contribution in [0.25, 0.3) is 11.3 Å². The van der Waals surface area contributed by atoms with Gasteiger partial charge in [0.1, 0.15) is 17.6 Å². The molecule has 1 aromatic heterocycles. The lowest BCUT2D eigenvalue weighted by Gasteiger charge is -2.32. The highest BCUT2D eigenvalue weighted by Crippen LogP contribution is 2.36. The fourth-order valence-electron chi connectivity index (χ4n) is 2.97. The molecule has 1 N–H and O–H groups in total. The summed E-state index contributed by atoms with van der Waals surface area (Å²) in [5, 5.41) is 14.0. The number of amides is 2. The van der Waals surface area contributed by atoms with Gasteiger partial charge in [0.25, 0.3) is 5.69 Å². The standard InChI is InChI=1S/C18H16ClN3O5/c1-9-16(10(2)23)17(20-18(24)21(9)3)15-7-6-14(27-15)12-8-11(22(25)26)4-5-13(12)19/h4-8,17H,1-3H3,(H,20,24)/t17-/m0/s1. The van der Waals surface area contributed by atoms with Crippen molar-refractivity contribution in [3.8, 4) is 11.3 Å². The summed E-state index contributed by atoms with van der Waals surface area (Å²) in [5.74, 6) is 0.432. The average Bonchev–Trinajstić information content (AvgIpc) is 3.08. The van der Waals surface area contributed by atoms with Crippen LogP contribution in [-0.2, 0) is 4.79 Å². The van der Waals surface area contributed by atoms with Crippen molar-refractivity contribution in [2.75, 3.05) is 7.05 Å². The summed E-state index contributed by atoms with van der Waals surface area (Å²) in [6, 6.07) is 6.11. The number of non-ortho nitro benzene ring substituents is 1. The maximum absolute atomic E-state index is 12.1. The Morgan fingerprint density at radius 2 is 2.04 bits per heavy atom.